The fraction of sp³-hybridized carbons (Fsp3) is 0.263. The van der Waals surface area contributed by atoms with Gasteiger partial charge in [-0.3, -0.25) is 4.90 Å². The van der Waals surface area contributed by atoms with Crippen molar-refractivity contribution < 1.29 is 27.5 Å². The van der Waals surface area contributed by atoms with Crippen molar-refractivity contribution in [2.45, 2.75) is 18.7 Å². The molecule has 0 saturated carbocycles. The molecule has 2 rings (SSSR count). The first-order chi connectivity index (χ1) is 14.2. The monoisotopic (exact) mass is 434 g/mol. The first kappa shape index (κ1) is 22.8. The molecule has 0 unspecified atom stereocenters. The molecule has 0 spiro atoms. The number of hydrogen-bond donors (Lipinski definition) is 1. The van der Waals surface area contributed by atoms with Gasteiger partial charge in [0.2, 0.25) is 11.8 Å². The minimum absolute atomic E-state index is 0.0687. The van der Waals surface area contributed by atoms with E-state index in [1.165, 1.54) is 37.5 Å². The van der Waals surface area contributed by atoms with Gasteiger partial charge >= 0.3 is 12.0 Å². The van der Waals surface area contributed by atoms with Crippen LogP contribution in [0.4, 0.5) is 10.7 Å². The summed E-state index contributed by atoms with van der Waals surface area (Å²) in [6.45, 7) is 6.83. The topological polar surface area (TPSA) is 128 Å². The summed E-state index contributed by atoms with van der Waals surface area (Å²) in [5.74, 6) is -0.686. The Kier molecular flexibility index (Phi) is 7.48. The molecule has 160 valence electrons. The second-order valence-electron chi connectivity index (χ2n) is 5.88. The van der Waals surface area contributed by atoms with Crippen molar-refractivity contribution in [3.8, 4) is 5.88 Å². The third-order valence-corrected chi connectivity index (χ3v) is 5.10. The first-order valence-corrected chi connectivity index (χ1v) is 10.3. The van der Waals surface area contributed by atoms with Crippen LogP contribution in [0.25, 0.3) is 0 Å². The number of rotatable bonds is 8. The summed E-state index contributed by atoms with van der Waals surface area (Å²) in [7, 11) is -3.01. The number of carbonyl (C=O) groups excluding carboxylic acids is 2. The summed E-state index contributed by atoms with van der Waals surface area (Å²) in [5.41, 5.74) is 0.317. The summed E-state index contributed by atoms with van der Waals surface area (Å²) in [4.78, 5) is 33.7. The van der Waals surface area contributed by atoms with Crippen molar-refractivity contribution in [1.29, 1.82) is 0 Å². The largest absolute Gasteiger partial charge is 0.481 e. The third kappa shape index (κ3) is 5.32. The number of aromatic nitrogens is 2. The van der Waals surface area contributed by atoms with E-state index in [0.29, 0.717) is 5.69 Å². The van der Waals surface area contributed by atoms with E-state index in [2.05, 4.69) is 16.5 Å². The number of ether oxygens (including phenoxy) is 2. The molecule has 10 nitrogen and oxygen atoms in total. The lowest BCUT2D eigenvalue weighted by molar-refractivity contribution is 0.0521. The van der Waals surface area contributed by atoms with Gasteiger partial charge in [0.15, 0.2) is 0 Å². The van der Waals surface area contributed by atoms with Gasteiger partial charge in [-0.1, -0.05) is 18.2 Å². The molecule has 0 aliphatic carbocycles. The molecule has 0 aliphatic rings. The highest BCUT2D eigenvalue weighted by molar-refractivity contribution is 7.90. The van der Waals surface area contributed by atoms with Crippen LogP contribution >= 0.6 is 0 Å². The molecule has 1 aromatic heterocycles. The SMILES string of the molecule is C=CCN(C(=O)NS(=O)(=O)c1ccccc1C(=O)OCC)c1nc(C)cc(OC)n1. The molecule has 0 bridgehead atoms. The second-order valence-corrected chi connectivity index (χ2v) is 7.53. The van der Waals surface area contributed by atoms with Crippen molar-refractivity contribution in [1.82, 2.24) is 14.7 Å². The number of methoxy groups -OCH3 is 1. The number of urea groups is 1. The van der Waals surface area contributed by atoms with Gasteiger partial charge in [0.25, 0.3) is 10.0 Å². The Bertz CT molecular complexity index is 1050. The molecule has 0 aliphatic heterocycles. The van der Waals surface area contributed by atoms with Crippen LogP contribution in [0.5, 0.6) is 5.88 Å². The van der Waals surface area contributed by atoms with E-state index in [4.69, 9.17) is 9.47 Å². The average molecular weight is 434 g/mol. The van der Waals surface area contributed by atoms with E-state index in [1.807, 2.05) is 4.72 Å². The normalized spacial score (nSPS) is 10.8. The van der Waals surface area contributed by atoms with Crippen LogP contribution in [0.1, 0.15) is 23.0 Å². The van der Waals surface area contributed by atoms with E-state index in [1.54, 1.807) is 19.9 Å². The fourth-order valence-corrected chi connectivity index (χ4v) is 3.59. The molecule has 1 N–H and O–H groups in total. The Labute approximate surface area is 174 Å². The lowest BCUT2D eigenvalue weighted by Crippen LogP contribution is -2.44. The Morgan fingerprint density at radius 3 is 2.60 bits per heavy atom. The summed E-state index contributed by atoms with van der Waals surface area (Å²) in [6, 6.07) is 5.95. The summed E-state index contributed by atoms with van der Waals surface area (Å²) in [5, 5.41) is 0. The Morgan fingerprint density at radius 1 is 1.27 bits per heavy atom. The zero-order valence-electron chi connectivity index (χ0n) is 16.8. The molecule has 0 fully saturated rings. The molecule has 0 saturated heterocycles. The number of benzene rings is 1. The molecule has 2 aromatic rings. The maximum atomic E-state index is 12.8. The van der Waals surface area contributed by atoms with Gasteiger partial charge in [-0.2, -0.15) is 4.98 Å². The van der Waals surface area contributed by atoms with Gasteiger partial charge in [0.05, 0.1) is 19.3 Å². The van der Waals surface area contributed by atoms with Crippen LogP contribution in [0.2, 0.25) is 0 Å². The number of amides is 2. The van der Waals surface area contributed by atoms with Crippen LogP contribution in [-0.2, 0) is 14.8 Å². The molecule has 11 heteroatoms. The first-order valence-electron chi connectivity index (χ1n) is 8.84. The maximum Gasteiger partial charge on any atom is 0.339 e. The van der Waals surface area contributed by atoms with E-state index >= 15 is 0 Å². The van der Waals surface area contributed by atoms with Gasteiger partial charge in [-0.05, 0) is 26.0 Å². The van der Waals surface area contributed by atoms with E-state index < -0.39 is 26.9 Å². The lowest BCUT2D eigenvalue weighted by Gasteiger charge is -2.20. The van der Waals surface area contributed by atoms with Gasteiger partial charge < -0.3 is 9.47 Å². The van der Waals surface area contributed by atoms with Gasteiger partial charge in [0.1, 0.15) is 4.90 Å². The van der Waals surface area contributed by atoms with Crippen molar-refractivity contribution >= 4 is 28.0 Å². The number of nitrogens with one attached hydrogen (secondary N) is 1. The number of esters is 1. The van der Waals surface area contributed by atoms with E-state index in [-0.39, 0.29) is 30.5 Å². The van der Waals surface area contributed by atoms with Gasteiger partial charge in [-0.15, -0.1) is 6.58 Å². The predicted molar refractivity (Wildman–Crippen MR) is 109 cm³/mol. The third-order valence-electron chi connectivity index (χ3n) is 3.72. The van der Waals surface area contributed by atoms with Gasteiger partial charge in [-0.25, -0.2) is 27.7 Å². The summed E-state index contributed by atoms with van der Waals surface area (Å²) >= 11 is 0. The number of hydrogen-bond acceptors (Lipinski definition) is 8. The highest BCUT2D eigenvalue weighted by Crippen LogP contribution is 2.19. The van der Waals surface area contributed by atoms with E-state index in [0.717, 1.165) is 4.90 Å². The molecule has 1 aromatic carbocycles. The highest BCUT2D eigenvalue weighted by Gasteiger charge is 2.28. The lowest BCUT2D eigenvalue weighted by atomic mass is 10.2. The van der Waals surface area contributed by atoms with Crippen molar-refractivity contribution in [2.75, 3.05) is 25.2 Å². The zero-order chi connectivity index (χ0) is 22.3. The standard InChI is InChI=1S/C19H22N4O6S/c1-5-11-23(18-20-13(3)12-16(21-18)28-4)19(25)22-30(26,27)15-10-8-7-9-14(15)17(24)29-6-2/h5,7-10,12H,1,6,11H2,2-4H3,(H,22,25). The number of carbonyl (C=O) groups is 2. The quantitative estimate of drug-likeness (QED) is 0.494. The predicted octanol–water partition coefficient (Wildman–Crippen LogP) is 2.06. The number of anilines is 1. The Hall–Kier alpha value is -3.47. The van der Waals surface area contributed by atoms with Crippen LogP contribution in [-0.4, -0.2) is 50.6 Å². The Morgan fingerprint density at radius 2 is 1.97 bits per heavy atom. The van der Waals surface area contributed by atoms with Crippen molar-refractivity contribution in [2.24, 2.45) is 0 Å². The van der Waals surface area contributed by atoms with Gasteiger partial charge in [0, 0.05) is 18.3 Å². The molecule has 0 atom stereocenters. The minimum atomic E-state index is -4.41. The van der Waals surface area contributed by atoms with Crippen molar-refractivity contribution in [3.05, 3.63) is 54.2 Å². The number of sulfonamides is 1. The van der Waals surface area contributed by atoms with E-state index in [9.17, 15) is 18.0 Å². The van der Waals surface area contributed by atoms with Crippen LogP contribution in [0.3, 0.4) is 0 Å². The molecule has 30 heavy (non-hydrogen) atoms. The minimum Gasteiger partial charge on any atom is -0.481 e. The smallest absolute Gasteiger partial charge is 0.339 e. The Balaban J connectivity index is 2.40. The molecular formula is C19H22N4O6S. The number of aryl methyl sites for hydroxylation is 1. The van der Waals surface area contributed by atoms with Crippen LogP contribution < -0.4 is 14.4 Å². The van der Waals surface area contributed by atoms with Crippen molar-refractivity contribution in [3.63, 3.8) is 0 Å². The molecule has 2 amide bonds. The second kappa shape index (κ2) is 9.83. The zero-order valence-corrected chi connectivity index (χ0v) is 17.6. The average Bonchev–Trinajstić information content (AvgIpc) is 2.71. The number of nitrogens with zero attached hydrogens (tertiary/aromatic N) is 3. The molecule has 0 radical (unpaired) electrons. The van der Waals surface area contributed by atoms with Crippen LogP contribution in [0, 0.1) is 6.92 Å². The highest BCUT2D eigenvalue weighted by atomic mass is 32.2. The summed E-state index contributed by atoms with van der Waals surface area (Å²) < 4.78 is 37.6. The van der Waals surface area contributed by atoms with Crippen LogP contribution in [0.15, 0.2) is 47.9 Å². The molecule has 1 heterocycles. The maximum absolute atomic E-state index is 12.8. The molecular weight excluding hydrogens is 412 g/mol. The fourth-order valence-electron chi connectivity index (χ4n) is 2.44. The summed E-state index contributed by atoms with van der Waals surface area (Å²) in [6.07, 6.45) is 1.39.